The SMILES string of the molecule is COC(=O)c1ccc(C=CCCl)c(Br)c1. The van der Waals surface area contributed by atoms with Crippen LogP contribution in [0.5, 0.6) is 0 Å². The fourth-order valence-electron chi connectivity index (χ4n) is 1.08. The first kappa shape index (κ1) is 12.3. The van der Waals surface area contributed by atoms with Gasteiger partial charge in [0.25, 0.3) is 0 Å². The van der Waals surface area contributed by atoms with E-state index in [2.05, 4.69) is 20.7 Å². The molecule has 0 amide bonds. The van der Waals surface area contributed by atoms with Crippen LogP contribution in [0.1, 0.15) is 15.9 Å². The number of ether oxygens (including phenoxy) is 1. The van der Waals surface area contributed by atoms with Crippen molar-refractivity contribution >= 4 is 39.6 Å². The summed E-state index contributed by atoms with van der Waals surface area (Å²) in [5.41, 5.74) is 1.50. The summed E-state index contributed by atoms with van der Waals surface area (Å²) >= 11 is 8.90. The van der Waals surface area contributed by atoms with Crippen LogP contribution in [0.2, 0.25) is 0 Å². The molecule has 2 nitrogen and oxygen atoms in total. The molecule has 0 atom stereocenters. The largest absolute Gasteiger partial charge is 0.465 e. The molecule has 0 heterocycles. The smallest absolute Gasteiger partial charge is 0.337 e. The summed E-state index contributed by atoms with van der Waals surface area (Å²) in [6.45, 7) is 0. The lowest BCUT2D eigenvalue weighted by molar-refractivity contribution is 0.0600. The van der Waals surface area contributed by atoms with Crippen LogP contribution >= 0.6 is 27.5 Å². The van der Waals surface area contributed by atoms with Crippen molar-refractivity contribution in [2.24, 2.45) is 0 Å². The minimum atomic E-state index is -0.344. The quantitative estimate of drug-likeness (QED) is 0.629. The number of methoxy groups -OCH3 is 1. The van der Waals surface area contributed by atoms with E-state index in [0.717, 1.165) is 10.0 Å². The van der Waals surface area contributed by atoms with Gasteiger partial charge >= 0.3 is 5.97 Å². The summed E-state index contributed by atoms with van der Waals surface area (Å²) in [6, 6.07) is 5.27. The van der Waals surface area contributed by atoms with Crippen molar-refractivity contribution < 1.29 is 9.53 Å². The van der Waals surface area contributed by atoms with Gasteiger partial charge in [-0.2, -0.15) is 0 Å². The standard InChI is InChI=1S/C11H10BrClO2/c1-15-11(14)9-5-4-8(3-2-6-13)10(12)7-9/h2-5,7H,6H2,1H3. The Morgan fingerprint density at radius 1 is 1.60 bits per heavy atom. The first-order valence-corrected chi connectivity index (χ1v) is 5.62. The number of rotatable bonds is 3. The zero-order chi connectivity index (χ0) is 11.3. The molecular formula is C11H10BrClO2. The molecule has 0 aliphatic carbocycles. The Morgan fingerprint density at radius 2 is 2.33 bits per heavy atom. The highest BCUT2D eigenvalue weighted by Gasteiger charge is 2.06. The van der Waals surface area contributed by atoms with Crippen molar-refractivity contribution in [3.63, 3.8) is 0 Å². The van der Waals surface area contributed by atoms with Crippen LogP contribution < -0.4 is 0 Å². The Morgan fingerprint density at radius 3 is 2.87 bits per heavy atom. The van der Waals surface area contributed by atoms with Crippen molar-refractivity contribution in [3.05, 3.63) is 39.9 Å². The highest BCUT2D eigenvalue weighted by molar-refractivity contribution is 9.10. The van der Waals surface area contributed by atoms with Gasteiger partial charge in [-0.25, -0.2) is 4.79 Å². The molecule has 15 heavy (non-hydrogen) atoms. The summed E-state index contributed by atoms with van der Waals surface area (Å²) in [5, 5.41) is 0. The van der Waals surface area contributed by atoms with Crippen LogP contribution in [0.3, 0.4) is 0 Å². The summed E-state index contributed by atoms with van der Waals surface area (Å²) in [6.07, 6.45) is 3.72. The number of allylic oxidation sites excluding steroid dienone is 1. The highest BCUT2D eigenvalue weighted by Crippen LogP contribution is 2.20. The van der Waals surface area contributed by atoms with E-state index >= 15 is 0 Å². The Balaban J connectivity index is 2.98. The van der Waals surface area contributed by atoms with E-state index in [4.69, 9.17) is 11.6 Å². The van der Waals surface area contributed by atoms with Crippen LogP contribution in [0.25, 0.3) is 6.08 Å². The predicted octanol–water partition coefficient (Wildman–Crippen LogP) is 3.49. The molecule has 0 aliphatic heterocycles. The van der Waals surface area contributed by atoms with Crippen LogP contribution in [0.15, 0.2) is 28.7 Å². The van der Waals surface area contributed by atoms with Gasteiger partial charge in [-0.1, -0.05) is 34.1 Å². The molecular weight excluding hydrogens is 279 g/mol. The normalized spacial score (nSPS) is 10.6. The molecule has 0 N–H and O–H groups in total. The summed E-state index contributed by atoms with van der Waals surface area (Å²) < 4.78 is 5.45. The van der Waals surface area contributed by atoms with Crippen molar-refractivity contribution in [2.75, 3.05) is 13.0 Å². The second kappa shape index (κ2) is 5.93. The monoisotopic (exact) mass is 288 g/mol. The van der Waals surface area contributed by atoms with Crippen LogP contribution in [0, 0.1) is 0 Å². The molecule has 1 rings (SSSR count). The van der Waals surface area contributed by atoms with Gasteiger partial charge in [0.1, 0.15) is 0 Å². The second-order valence-corrected chi connectivity index (χ2v) is 3.95. The molecule has 0 unspecified atom stereocenters. The molecule has 1 aromatic rings. The first-order valence-electron chi connectivity index (χ1n) is 4.29. The topological polar surface area (TPSA) is 26.3 Å². The molecule has 1 aromatic carbocycles. The molecule has 0 fully saturated rings. The molecule has 0 aromatic heterocycles. The van der Waals surface area contributed by atoms with Gasteiger partial charge in [0.2, 0.25) is 0 Å². The fourth-order valence-corrected chi connectivity index (χ4v) is 1.68. The summed E-state index contributed by atoms with van der Waals surface area (Å²) in [7, 11) is 1.36. The van der Waals surface area contributed by atoms with Gasteiger partial charge < -0.3 is 4.74 Å². The Hall–Kier alpha value is -0.800. The van der Waals surface area contributed by atoms with E-state index in [1.165, 1.54) is 7.11 Å². The van der Waals surface area contributed by atoms with Gasteiger partial charge in [-0.3, -0.25) is 0 Å². The van der Waals surface area contributed by atoms with Crippen molar-refractivity contribution in [3.8, 4) is 0 Å². The number of hydrogen-bond donors (Lipinski definition) is 0. The third-order valence-electron chi connectivity index (χ3n) is 1.81. The number of benzene rings is 1. The Bertz CT molecular complexity index is 388. The fraction of sp³-hybridized carbons (Fsp3) is 0.182. The van der Waals surface area contributed by atoms with E-state index < -0.39 is 0 Å². The minimum Gasteiger partial charge on any atom is -0.465 e. The van der Waals surface area contributed by atoms with Crippen LogP contribution in [-0.4, -0.2) is 19.0 Å². The van der Waals surface area contributed by atoms with E-state index in [9.17, 15) is 4.79 Å². The predicted molar refractivity (Wildman–Crippen MR) is 65.2 cm³/mol. The highest BCUT2D eigenvalue weighted by atomic mass is 79.9. The zero-order valence-corrected chi connectivity index (χ0v) is 10.5. The molecule has 0 saturated heterocycles. The number of hydrogen-bond acceptors (Lipinski definition) is 2. The van der Waals surface area contributed by atoms with Gasteiger partial charge in [-0.05, 0) is 17.7 Å². The van der Waals surface area contributed by atoms with Gasteiger partial charge in [0.05, 0.1) is 12.7 Å². The van der Waals surface area contributed by atoms with Gasteiger partial charge in [-0.15, -0.1) is 11.6 Å². The molecule has 0 spiro atoms. The van der Waals surface area contributed by atoms with Crippen molar-refractivity contribution in [1.82, 2.24) is 0 Å². The maximum absolute atomic E-state index is 11.2. The lowest BCUT2D eigenvalue weighted by Crippen LogP contribution is -2.00. The average molecular weight is 290 g/mol. The number of carbonyl (C=O) groups is 1. The van der Waals surface area contributed by atoms with E-state index in [0.29, 0.717) is 11.4 Å². The maximum Gasteiger partial charge on any atom is 0.337 e. The van der Waals surface area contributed by atoms with Crippen molar-refractivity contribution in [1.29, 1.82) is 0 Å². The Labute approximate surface area is 102 Å². The minimum absolute atomic E-state index is 0.344. The average Bonchev–Trinajstić information content (AvgIpc) is 2.26. The lowest BCUT2D eigenvalue weighted by atomic mass is 10.1. The van der Waals surface area contributed by atoms with Gasteiger partial charge in [0.15, 0.2) is 0 Å². The van der Waals surface area contributed by atoms with Gasteiger partial charge in [0, 0.05) is 10.4 Å². The Kier molecular flexibility index (Phi) is 4.85. The number of halogens is 2. The molecule has 80 valence electrons. The lowest BCUT2D eigenvalue weighted by Gasteiger charge is -2.02. The van der Waals surface area contributed by atoms with E-state index in [1.54, 1.807) is 12.1 Å². The number of esters is 1. The molecule has 0 radical (unpaired) electrons. The molecule has 0 bridgehead atoms. The number of carbonyl (C=O) groups excluding carboxylic acids is 1. The van der Waals surface area contributed by atoms with E-state index in [-0.39, 0.29) is 5.97 Å². The van der Waals surface area contributed by atoms with Crippen LogP contribution in [-0.2, 0) is 4.74 Å². The summed E-state index contributed by atoms with van der Waals surface area (Å²) in [5.74, 6) is 0.120. The van der Waals surface area contributed by atoms with E-state index in [1.807, 2.05) is 18.2 Å². The zero-order valence-electron chi connectivity index (χ0n) is 8.17. The number of alkyl halides is 1. The summed E-state index contributed by atoms with van der Waals surface area (Å²) in [4.78, 5) is 11.2. The van der Waals surface area contributed by atoms with Crippen molar-refractivity contribution in [2.45, 2.75) is 0 Å². The molecule has 4 heteroatoms. The van der Waals surface area contributed by atoms with Crippen LogP contribution in [0.4, 0.5) is 0 Å². The maximum atomic E-state index is 11.2. The third-order valence-corrected chi connectivity index (χ3v) is 2.67. The molecule has 0 aliphatic rings. The third kappa shape index (κ3) is 3.36. The molecule has 0 saturated carbocycles. The second-order valence-electron chi connectivity index (χ2n) is 2.78. The first-order chi connectivity index (χ1) is 7.19.